The van der Waals surface area contributed by atoms with Crippen LogP contribution in [0.15, 0.2) is 12.4 Å². The topological polar surface area (TPSA) is 64.4 Å². The first kappa shape index (κ1) is 16.5. The molecule has 1 saturated heterocycles. The van der Waals surface area contributed by atoms with Crippen molar-refractivity contribution in [2.75, 3.05) is 13.1 Å². The number of Topliss-reactive ketones (excluding diaryl/α,β-unsaturated/α-hetero) is 1. The highest BCUT2D eigenvalue weighted by Crippen LogP contribution is 2.22. The summed E-state index contributed by atoms with van der Waals surface area (Å²) in [5.74, 6) is -0.0970. The van der Waals surface area contributed by atoms with E-state index in [1.807, 2.05) is 20.8 Å². The van der Waals surface area contributed by atoms with E-state index in [2.05, 4.69) is 12.0 Å². The quantitative estimate of drug-likeness (QED) is 0.802. The fourth-order valence-corrected chi connectivity index (χ4v) is 2.54. The van der Waals surface area contributed by atoms with E-state index in [9.17, 15) is 9.59 Å². The molecule has 0 radical (unpaired) electrons. The number of hydrogen-bond donors (Lipinski definition) is 0. The molecule has 1 aliphatic rings. The van der Waals surface area contributed by atoms with Crippen LogP contribution in [0.3, 0.4) is 0 Å². The van der Waals surface area contributed by atoms with Crippen molar-refractivity contribution in [1.82, 2.24) is 14.7 Å². The van der Waals surface area contributed by atoms with Crippen molar-refractivity contribution in [2.24, 2.45) is 5.92 Å². The molecule has 0 bridgehead atoms. The number of likely N-dealkylation sites (tertiary alicyclic amines) is 1. The maximum atomic E-state index is 12.5. The van der Waals surface area contributed by atoms with Crippen LogP contribution in [0.2, 0.25) is 0 Å². The van der Waals surface area contributed by atoms with Crippen LogP contribution in [0.4, 0.5) is 4.79 Å². The molecular formula is C16H25N3O3. The highest BCUT2D eigenvalue weighted by atomic mass is 16.6. The minimum Gasteiger partial charge on any atom is -0.444 e. The predicted molar refractivity (Wildman–Crippen MR) is 82.8 cm³/mol. The highest BCUT2D eigenvalue weighted by molar-refractivity contribution is 5.98. The van der Waals surface area contributed by atoms with Gasteiger partial charge in [0.15, 0.2) is 5.78 Å². The molecule has 0 N–H and O–H groups in total. The molecule has 1 aromatic rings. The van der Waals surface area contributed by atoms with Gasteiger partial charge in [0.25, 0.3) is 0 Å². The molecule has 1 atom stereocenters. The van der Waals surface area contributed by atoms with Crippen LogP contribution in [0.1, 0.15) is 50.9 Å². The minimum absolute atomic E-state index is 0.0633. The third-order valence-electron chi connectivity index (χ3n) is 3.58. The van der Waals surface area contributed by atoms with Crippen molar-refractivity contribution in [2.45, 2.75) is 52.7 Å². The average Bonchev–Trinajstić information content (AvgIpc) is 3.05. The van der Waals surface area contributed by atoms with Crippen molar-refractivity contribution in [1.29, 1.82) is 0 Å². The van der Waals surface area contributed by atoms with E-state index < -0.39 is 5.60 Å². The number of aromatic nitrogens is 2. The molecule has 1 fully saturated rings. The summed E-state index contributed by atoms with van der Waals surface area (Å²) < 4.78 is 7.14. The largest absolute Gasteiger partial charge is 0.444 e. The lowest BCUT2D eigenvalue weighted by Gasteiger charge is -2.24. The third-order valence-corrected chi connectivity index (χ3v) is 3.58. The SMILES string of the molecule is CCCn1cc(C(=O)C2CCN(C(=O)OC(C)(C)C)C2)cn1. The molecule has 0 aliphatic carbocycles. The molecular weight excluding hydrogens is 282 g/mol. The van der Waals surface area contributed by atoms with E-state index in [-0.39, 0.29) is 17.8 Å². The Kier molecular flexibility index (Phi) is 4.88. The highest BCUT2D eigenvalue weighted by Gasteiger charge is 2.34. The summed E-state index contributed by atoms with van der Waals surface area (Å²) in [5, 5.41) is 4.19. The summed E-state index contributed by atoms with van der Waals surface area (Å²) in [4.78, 5) is 26.1. The van der Waals surface area contributed by atoms with Crippen LogP contribution in [0, 0.1) is 5.92 Å². The number of nitrogens with zero attached hydrogens (tertiary/aromatic N) is 3. The van der Waals surface area contributed by atoms with Crippen molar-refractivity contribution < 1.29 is 14.3 Å². The van der Waals surface area contributed by atoms with E-state index >= 15 is 0 Å². The molecule has 6 heteroatoms. The first-order valence-corrected chi connectivity index (χ1v) is 7.84. The van der Waals surface area contributed by atoms with Gasteiger partial charge in [-0.15, -0.1) is 0 Å². The molecule has 0 aromatic carbocycles. The molecule has 0 spiro atoms. The van der Waals surface area contributed by atoms with Crippen LogP contribution < -0.4 is 0 Å². The number of ketones is 1. The Morgan fingerprint density at radius 2 is 2.14 bits per heavy atom. The molecule has 122 valence electrons. The summed E-state index contributed by atoms with van der Waals surface area (Å²) in [6.45, 7) is 9.38. The van der Waals surface area contributed by atoms with Gasteiger partial charge in [0.05, 0.1) is 11.8 Å². The maximum Gasteiger partial charge on any atom is 0.410 e. The van der Waals surface area contributed by atoms with Crippen molar-refractivity contribution in [3.05, 3.63) is 18.0 Å². The van der Waals surface area contributed by atoms with Crippen molar-refractivity contribution in [3.63, 3.8) is 0 Å². The standard InChI is InChI=1S/C16H25N3O3/c1-5-7-19-11-13(9-17-19)14(20)12-6-8-18(10-12)15(21)22-16(2,3)4/h9,11-12H,5-8,10H2,1-4H3. The minimum atomic E-state index is -0.513. The monoisotopic (exact) mass is 307 g/mol. The molecule has 2 heterocycles. The number of carbonyl (C=O) groups excluding carboxylic acids is 2. The van der Waals surface area contributed by atoms with E-state index in [0.717, 1.165) is 13.0 Å². The zero-order valence-electron chi connectivity index (χ0n) is 13.8. The lowest BCUT2D eigenvalue weighted by atomic mass is 9.99. The molecule has 2 rings (SSSR count). The van der Waals surface area contributed by atoms with Gasteiger partial charge in [-0.25, -0.2) is 4.79 Å². The van der Waals surface area contributed by atoms with Gasteiger partial charge in [0.1, 0.15) is 5.60 Å². The number of rotatable bonds is 4. The second-order valence-electron chi connectivity index (χ2n) is 6.77. The van der Waals surface area contributed by atoms with Crippen molar-refractivity contribution >= 4 is 11.9 Å². The summed E-state index contributed by atoms with van der Waals surface area (Å²) in [6.07, 6.45) is 4.72. The third kappa shape index (κ3) is 4.08. The molecule has 0 saturated carbocycles. The number of ether oxygens (including phenoxy) is 1. The van der Waals surface area contributed by atoms with E-state index in [1.165, 1.54) is 0 Å². The van der Waals surface area contributed by atoms with Gasteiger partial charge in [-0.05, 0) is 33.6 Å². The van der Waals surface area contributed by atoms with Gasteiger partial charge < -0.3 is 9.64 Å². The number of hydrogen-bond acceptors (Lipinski definition) is 4. The Morgan fingerprint density at radius 3 is 2.77 bits per heavy atom. The van der Waals surface area contributed by atoms with E-state index in [1.54, 1.807) is 22.0 Å². The number of carbonyl (C=O) groups is 2. The average molecular weight is 307 g/mol. The molecule has 1 amide bonds. The summed E-state index contributed by atoms with van der Waals surface area (Å²) >= 11 is 0. The molecule has 1 unspecified atom stereocenters. The van der Waals surface area contributed by atoms with Crippen LogP contribution >= 0.6 is 0 Å². The van der Waals surface area contributed by atoms with E-state index in [4.69, 9.17) is 4.74 Å². The summed E-state index contributed by atoms with van der Waals surface area (Å²) in [5.41, 5.74) is 0.116. The molecule has 1 aromatic heterocycles. The van der Waals surface area contributed by atoms with Gasteiger partial charge in [0, 0.05) is 31.7 Å². The Labute approximate surface area is 131 Å². The van der Waals surface area contributed by atoms with Gasteiger partial charge in [-0.3, -0.25) is 9.48 Å². The zero-order chi connectivity index (χ0) is 16.3. The maximum absolute atomic E-state index is 12.5. The Hall–Kier alpha value is -1.85. The van der Waals surface area contributed by atoms with Crippen LogP contribution in [-0.4, -0.2) is 45.2 Å². The predicted octanol–water partition coefficient (Wildman–Crippen LogP) is 2.73. The van der Waals surface area contributed by atoms with E-state index in [0.29, 0.717) is 25.1 Å². The first-order chi connectivity index (χ1) is 10.3. The van der Waals surface area contributed by atoms with Crippen LogP contribution in [0.5, 0.6) is 0 Å². The normalized spacial score (nSPS) is 18.5. The first-order valence-electron chi connectivity index (χ1n) is 7.84. The smallest absolute Gasteiger partial charge is 0.410 e. The van der Waals surface area contributed by atoms with Gasteiger partial charge in [-0.1, -0.05) is 6.92 Å². The Morgan fingerprint density at radius 1 is 1.41 bits per heavy atom. The Bertz CT molecular complexity index is 545. The fraction of sp³-hybridized carbons (Fsp3) is 0.688. The summed E-state index contributed by atoms with van der Waals surface area (Å²) in [6, 6.07) is 0. The van der Waals surface area contributed by atoms with Gasteiger partial charge in [-0.2, -0.15) is 5.10 Å². The lowest BCUT2D eigenvalue weighted by Crippen LogP contribution is -2.35. The van der Waals surface area contributed by atoms with Gasteiger partial charge >= 0.3 is 6.09 Å². The summed E-state index contributed by atoms with van der Waals surface area (Å²) in [7, 11) is 0. The molecule has 6 nitrogen and oxygen atoms in total. The zero-order valence-corrected chi connectivity index (χ0v) is 13.8. The van der Waals surface area contributed by atoms with Crippen LogP contribution in [-0.2, 0) is 11.3 Å². The second kappa shape index (κ2) is 6.50. The van der Waals surface area contributed by atoms with Crippen LogP contribution in [0.25, 0.3) is 0 Å². The fourth-order valence-electron chi connectivity index (χ4n) is 2.54. The molecule has 22 heavy (non-hydrogen) atoms. The molecule has 1 aliphatic heterocycles. The lowest BCUT2D eigenvalue weighted by molar-refractivity contribution is 0.0289. The Balaban J connectivity index is 1.94. The van der Waals surface area contributed by atoms with Crippen molar-refractivity contribution in [3.8, 4) is 0 Å². The number of aryl methyl sites for hydroxylation is 1. The van der Waals surface area contributed by atoms with Gasteiger partial charge in [0.2, 0.25) is 0 Å². The second-order valence-corrected chi connectivity index (χ2v) is 6.77. The number of amides is 1.